The highest BCUT2D eigenvalue weighted by Gasteiger charge is 2.38. The van der Waals surface area contributed by atoms with Crippen molar-refractivity contribution < 1.29 is 14.3 Å². The van der Waals surface area contributed by atoms with Crippen LogP contribution in [0.5, 0.6) is 5.75 Å². The lowest BCUT2D eigenvalue weighted by Crippen LogP contribution is -2.40. The average Bonchev–Trinajstić information content (AvgIpc) is 2.69. The molecule has 156 valence electrons. The molecule has 3 nitrogen and oxygen atoms in total. The smallest absolute Gasteiger partial charge is 0.350 e. The molecule has 0 unspecified atom stereocenters. The number of halogens is 1. The number of hydrogen-bond acceptors (Lipinski definition) is 5. The molecule has 3 rings (SSSR count). The third-order valence-electron chi connectivity index (χ3n) is 4.57. The summed E-state index contributed by atoms with van der Waals surface area (Å²) >= 11 is 10.0. The summed E-state index contributed by atoms with van der Waals surface area (Å²) in [4.78, 5) is 12.3. The second-order valence-electron chi connectivity index (χ2n) is 7.76. The van der Waals surface area contributed by atoms with Gasteiger partial charge in [0.05, 0.1) is 6.10 Å². The van der Waals surface area contributed by atoms with Crippen molar-refractivity contribution in [2.24, 2.45) is 0 Å². The largest absolute Gasteiger partial charge is 0.476 e. The van der Waals surface area contributed by atoms with E-state index in [0.717, 1.165) is 16.5 Å². The van der Waals surface area contributed by atoms with Crippen molar-refractivity contribution in [2.75, 3.05) is 11.5 Å². The lowest BCUT2D eigenvalue weighted by atomic mass is 10.0. The molecule has 1 aliphatic heterocycles. The van der Waals surface area contributed by atoms with Crippen LogP contribution in [0.1, 0.15) is 45.2 Å². The number of esters is 1. The Kier molecular flexibility index (Phi) is 7.13. The molecule has 0 N–H and O–H groups in total. The molecule has 0 saturated carbocycles. The first-order valence-corrected chi connectivity index (χ1v) is 12.1. The third-order valence-corrected chi connectivity index (χ3v) is 8.27. The monoisotopic (exact) mass is 450 g/mol. The van der Waals surface area contributed by atoms with Crippen LogP contribution in [0, 0.1) is 0 Å². The fourth-order valence-electron chi connectivity index (χ4n) is 3.14. The summed E-state index contributed by atoms with van der Waals surface area (Å²) in [5, 5.41) is 0.744. The van der Waals surface area contributed by atoms with E-state index in [4.69, 9.17) is 21.1 Å². The molecule has 1 heterocycles. The minimum atomic E-state index is -1.05. The zero-order valence-corrected chi connectivity index (χ0v) is 19.6. The summed E-state index contributed by atoms with van der Waals surface area (Å²) in [6.45, 7) is 7.12. The SMILES string of the molecule is CC(C)OC(=O)C(C)(C)Oc1ccc(C2(c3ccc(Cl)cc3)SCCCS2)cc1. The molecule has 0 aliphatic carbocycles. The topological polar surface area (TPSA) is 35.5 Å². The standard InChI is InChI=1S/C23H27ClO3S2/c1-16(2)26-21(25)22(3,4)27-20-12-8-18(9-13-20)23(28-14-5-15-29-23)17-6-10-19(24)11-7-17/h6-13,16H,5,14-15H2,1-4H3. The molecule has 0 spiro atoms. The number of carbonyl (C=O) groups is 1. The van der Waals surface area contributed by atoms with E-state index in [-0.39, 0.29) is 16.2 Å². The molecular formula is C23H27ClO3S2. The summed E-state index contributed by atoms with van der Waals surface area (Å²) in [5.41, 5.74) is 1.41. The Morgan fingerprint density at radius 2 is 1.52 bits per heavy atom. The molecule has 0 atom stereocenters. The van der Waals surface area contributed by atoms with Crippen molar-refractivity contribution in [3.8, 4) is 5.75 Å². The first kappa shape index (κ1) is 22.4. The number of carbonyl (C=O) groups excluding carboxylic acids is 1. The van der Waals surface area contributed by atoms with Gasteiger partial charge in [0.15, 0.2) is 5.60 Å². The molecule has 0 radical (unpaired) electrons. The first-order valence-electron chi connectivity index (χ1n) is 9.77. The molecule has 1 aliphatic rings. The predicted molar refractivity (Wildman–Crippen MR) is 124 cm³/mol. The van der Waals surface area contributed by atoms with Crippen LogP contribution < -0.4 is 4.74 Å². The summed E-state index contributed by atoms with van der Waals surface area (Å²) in [6, 6.07) is 16.2. The van der Waals surface area contributed by atoms with E-state index in [0.29, 0.717) is 5.75 Å². The summed E-state index contributed by atoms with van der Waals surface area (Å²) in [5.74, 6) is 2.51. The Labute approximate surface area is 186 Å². The second-order valence-corrected chi connectivity index (χ2v) is 11.1. The summed E-state index contributed by atoms with van der Waals surface area (Å²) in [6.07, 6.45) is 1.03. The van der Waals surface area contributed by atoms with E-state index in [9.17, 15) is 4.79 Å². The molecule has 0 aromatic heterocycles. The number of hydrogen-bond donors (Lipinski definition) is 0. The zero-order chi connectivity index (χ0) is 21.1. The van der Waals surface area contributed by atoms with Crippen molar-refractivity contribution in [1.29, 1.82) is 0 Å². The van der Waals surface area contributed by atoms with Gasteiger partial charge in [-0.15, -0.1) is 23.5 Å². The highest BCUT2D eigenvalue weighted by atomic mass is 35.5. The zero-order valence-electron chi connectivity index (χ0n) is 17.2. The minimum absolute atomic E-state index is 0.159. The van der Waals surface area contributed by atoms with Crippen LogP contribution in [0.25, 0.3) is 0 Å². The van der Waals surface area contributed by atoms with Gasteiger partial charge in [-0.05, 0) is 81.0 Å². The van der Waals surface area contributed by atoms with Gasteiger partial charge in [0.1, 0.15) is 9.83 Å². The summed E-state index contributed by atoms with van der Waals surface area (Å²) in [7, 11) is 0. The molecule has 0 amide bonds. The van der Waals surface area contributed by atoms with Crippen molar-refractivity contribution in [3.05, 3.63) is 64.7 Å². The predicted octanol–water partition coefficient (Wildman–Crippen LogP) is 6.52. The maximum atomic E-state index is 12.3. The average molecular weight is 451 g/mol. The minimum Gasteiger partial charge on any atom is -0.476 e. The second kappa shape index (κ2) is 9.23. The van der Waals surface area contributed by atoms with E-state index in [1.165, 1.54) is 17.5 Å². The van der Waals surface area contributed by atoms with Crippen LogP contribution in [-0.4, -0.2) is 29.2 Å². The highest BCUT2D eigenvalue weighted by molar-refractivity contribution is 8.18. The van der Waals surface area contributed by atoms with Gasteiger partial charge in [-0.2, -0.15) is 0 Å². The Morgan fingerprint density at radius 1 is 1.00 bits per heavy atom. The Hall–Kier alpha value is -1.30. The van der Waals surface area contributed by atoms with Crippen LogP contribution in [0.15, 0.2) is 48.5 Å². The first-order chi connectivity index (χ1) is 13.7. The molecule has 2 aromatic carbocycles. The van der Waals surface area contributed by atoms with Gasteiger partial charge >= 0.3 is 5.97 Å². The molecular weight excluding hydrogens is 424 g/mol. The van der Waals surface area contributed by atoms with Gasteiger partial charge in [-0.3, -0.25) is 0 Å². The van der Waals surface area contributed by atoms with Crippen molar-refractivity contribution in [2.45, 2.75) is 49.9 Å². The van der Waals surface area contributed by atoms with E-state index in [1.54, 1.807) is 13.8 Å². The number of thioether (sulfide) groups is 2. The van der Waals surface area contributed by atoms with Gasteiger partial charge in [0.2, 0.25) is 0 Å². The van der Waals surface area contributed by atoms with Crippen LogP contribution in [0.2, 0.25) is 5.02 Å². The molecule has 1 fully saturated rings. The van der Waals surface area contributed by atoms with E-state index in [1.807, 2.05) is 61.6 Å². The van der Waals surface area contributed by atoms with Crippen molar-refractivity contribution in [3.63, 3.8) is 0 Å². The van der Waals surface area contributed by atoms with Gasteiger partial charge in [0.25, 0.3) is 0 Å². The third kappa shape index (κ3) is 5.25. The number of rotatable bonds is 6. The lowest BCUT2D eigenvalue weighted by Gasteiger charge is -2.37. The highest BCUT2D eigenvalue weighted by Crippen LogP contribution is 2.55. The Balaban J connectivity index is 1.85. The van der Waals surface area contributed by atoms with Gasteiger partial charge in [-0.1, -0.05) is 35.9 Å². The normalized spacial score (nSPS) is 16.5. The van der Waals surface area contributed by atoms with E-state index in [2.05, 4.69) is 24.3 Å². The fraction of sp³-hybridized carbons (Fsp3) is 0.435. The molecule has 2 aromatic rings. The molecule has 6 heteroatoms. The van der Waals surface area contributed by atoms with E-state index < -0.39 is 5.60 Å². The molecule has 1 saturated heterocycles. The van der Waals surface area contributed by atoms with Crippen molar-refractivity contribution >= 4 is 41.1 Å². The fourth-order valence-corrected chi connectivity index (χ4v) is 6.64. The van der Waals surface area contributed by atoms with Gasteiger partial charge < -0.3 is 9.47 Å². The summed E-state index contributed by atoms with van der Waals surface area (Å²) < 4.78 is 11.1. The van der Waals surface area contributed by atoms with Crippen LogP contribution in [-0.2, 0) is 13.6 Å². The molecule has 0 bridgehead atoms. The number of ether oxygens (including phenoxy) is 2. The maximum absolute atomic E-state index is 12.3. The van der Waals surface area contributed by atoms with Crippen LogP contribution in [0.4, 0.5) is 0 Å². The maximum Gasteiger partial charge on any atom is 0.350 e. The lowest BCUT2D eigenvalue weighted by molar-refractivity contribution is -0.163. The number of benzene rings is 2. The van der Waals surface area contributed by atoms with Gasteiger partial charge in [0, 0.05) is 5.02 Å². The van der Waals surface area contributed by atoms with Gasteiger partial charge in [-0.25, -0.2) is 4.79 Å². The van der Waals surface area contributed by atoms with Crippen molar-refractivity contribution in [1.82, 2.24) is 0 Å². The molecule has 29 heavy (non-hydrogen) atoms. The van der Waals surface area contributed by atoms with E-state index >= 15 is 0 Å². The quantitative estimate of drug-likeness (QED) is 0.468. The van der Waals surface area contributed by atoms with Crippen LogP contribution in [0.3, 0.4) is 0 Å². The van der Waals surface area contributed by atoms with Crippen LogP contribution >= 0.6 is 35.1 Å². The Bertz CT molecular complexity index is 826. The Morgan fingerprint density at radius 3 is 2.03 bits per heavy atom.